The van der Waals surface area contributed by atoms with Crippen molar-refractivity contribution in [2.24, 2.45) is 0 Å². The van der Waals surface area contributed by atoms with E-state index in [2.05, 4.69) is 5.32 Å². The molecule has 1 amide bonds. The van der Waals surface area contributed by atoms with Crippen LogP contribution in [0.5, 0.6) is 0 Å². The second-order valence-electron chi connectivity index (χ2n) is 5.47. The summed E-state index contributed by atoms with van der Waals surface area (Å²) in [5.74, 6) is -0.388. The molecule has 0 saturated carbocycles. The molecule has 5 heteroatoms. The third kappa shape index (κ3) is 6.57. The van der Waals surface area contributed by atoms with Gasteiger partial charge in [-0.2, -0.15) is 5.26 Å². The van der Waals surface area contributed by atoms with Crippen LogP contribution < -0.4 is 5.32 Å². The fourth-order valence-corrected chi connectivity index (χ4v) is 1.57. The van der Waals surface area contributed by atoms with E-state index in [0.29, 0.717) is 12.1 Å². The van der Waals surface area contributed by atoms with Crippen LogP contribution in [0.4, 0.5) is 9.18 Å². The van der Waals surface area contributed by atoms with Gasteiger partial charge in [0.2, 0.25) is 0 Å². The minimum absolute atomic E-state index is 0.0314. The topological polar surface area (TPSA) is 62.1 Å². The molecule has 0 aliphatic rings. The van der Waals surface area contributed by atoms with Gasteiger partial charge in [0.05, 0.1) is 12.5 Å². The number of nitrogens with one attached hydrogen (secondary N) is 1. The monoisotopic (exact) mass is 290 g/mol. The van der Waals surface area contributed by atoms with Crippen LogP contribution in [0.2, 0.25) is 0 Å². The number of carbonyl (C=O) groups is 1. The summed E-state index contributed by atoms with van der Waals surface area (Å²) in [6, 6.07) is 6.47. The predicted octanol–water partition coefficient (Wildman–Crippen LogP) is 3.43. The second-order valence-corrected chi connectivity index (χ2v) is 5.47. The Morgan fingerprint density at radius 1 is 1.48 bits per heavy atom. The van der Waals surface area contributed by atoms with Crippen LogP contribution in [-0.4, -0.2) is 18.2 Å². The fraction of sp³-hybridized carbons (Fsp3) is 0.375. The van der Waals surface area contributed by atoms with Gasteiger partial charge in [-0.1, -0.05) is 18.2 Å². The van der Waals surface area contributed by atoms with Gasteiger partial charge in [-0.3, -0.25) is 0 Å². The molecule has 0 bridgehead atoms. The van der Waals surface area contributed by atoms with Gasteiger partial charge in [-0.05, 0) is 38.5 Å². The maximum absolute atomic E-state index is 13.4. The van der Waals surface area contributed by atoms with E-state index in [1.807, 2.05) is 6.07 Å². The van der Waals surface area contributed by atoms with Gasteiger partial charge in [0, 0.05) is 12.1 Å². The first-order chi connectivity index (χ1) is 9.81. The molecule has 0 aliphatic carbocycles. The molecule has 0 radical (unpaired) electrons. The number of alkyl carbamates (subject to hydrolysis) is 1. The Hall–Kier alpha value is -2.35. The number of amides is 1. The summed E-state index contributed by atoms with van der Waals surface area (Å²) in [5.41, 5.74) is 0.601. The van der Waals surface area contributed by atoms with Crippen LogP contribution in [0.3, 0.4) is 0 Å². The standard InChI is InChI=1S/C16H19FN2O2/c1-16(2,3)21-15(20)19-10-4-5-12-6-7-14(17)13(11-12)8-9-18/h4-7,11H,8,10H2,1-3H3,(H,19,20). The molecule has 0 aromatic heterocycles. The summed E-state index contributed by atoms with van der Waals surface area (Å²) in [6.45, 7) is 5.67. The van der Waals surface area contributed by atoms with Gasteiger partial charge in [-0.15, -0.1) is 0 Å². The summed E-state index contributed by atoms with van der Waals surface area (Å²) in [6.07, 6.45) is 3.02. The van der Waals surface area contributed by atoms with Crippen LogP contribution in [0.25, 0.3) is 6.08 Å². The smallest absolute Gasteiger partial charge is 0.407 e. The van der Waals surface area contributed by atoms with E-state index in [9.17, 15) is 9.18 Å². The van der Waals surface area contributed by atoms with E-state index in [4.69, 9.17) is 10.00 Å². The Kier molecular flexibility index (Phi) is 5.92. The highest BCUT2D eigenvalue weighted by Crippen LogP contribution is 2.12. The quantitative estimate of drug-likeness (QED) is 0.924. The third-order valence-electron chi connectivity index (χ3n) is 2.41. The molecular weight excluding hydrogens is 271 g/mol. The molecule has 0 fully saturated rings. The molecule has 0 saturated heterocycles. The fourth-order valence-electron chi connectivity index (χ4n) is 1.57. The number of ether oxygens (including phenoxy) is 1. The average Bonchev–Trinajstić information content (AvgIpc) is 2.36. The van der Waals surface area contributed by atoms with Gasteiger partial charge in [0.15, 0.2) is 0 Å². The molecular formula is C16H19FN2O2. The van der Waals surface area contributed by atoms with Crippen molar-refractivity contribution in [1.29, 1.82) is 5.26 Å². The lowest BCUT2D eigenvalue weighted by atomic mass is 10.1. The van der Waals surface area contributed by atoms with Crippen LogP contribution >= 0.6 is 0 Å². The minimum Gasteiger partial charge on any atom is -0.444 e. The van der Waals surface area contributed by atoms with E-state index < -0.39 is 11.7 Å². The minimum atomic E-state index is -0.531. The number of benzene rings is 1. The first-order valence-corrected chi connectivity index (χ1v) is 6.60. The maximum atomic E-state index is 13.4. The lowest BCUT2D eigenvalue weighted by Crippen LogP contribution is -2.32. The Morgan fingerprint density at radius 2 is 2.19 bits per heavy atom. The van der Waals surface area contributed by atoms with Crippen molar-refractivity contribution >= 4 is 12.2 Å². The summed E-state index contributed by atoms with van der Waals surface area (Å²) in [7, 11) is 0. The Morgan fingerprint density at radius 3 is 2.81 bits per heavy atom. The van der Waals surface area contributed by atoms with Gasteiger partial charge in [-0.25, -0.2) is 9.18 Å². The van der Waals surface area contributed by atoms with E-state index in [1.165, 1.54) is 6.07 Å². The van der Waals surface area contributed by atoms with E-state index in [0.717, 1.165) is 5.56 Å². The first kappa shape index (κ1) is 16.7. The third-order valence-corrected chi connectivity index (χ3v) is 2.41. The molecule has 0 spiro atoms. The molecule has 21 heavy (non-hydrogen) atoms. The van der Waals surface area contributed by atoms with E-state index >= 15 is 0 Å². The zero-order valence-electron chi connectivity index (χ0n) is 12.4. The second kappa shape index (κ2) is 7.44. The molecule has 1 N–H and O–H groups in total. The number of nitrogens with zero attached hydrogens (tertiary/aromatic N) is 1. The Balaban J connectivity index is 2.53. The van der Waals surface area contributed by atoms with Crippen molar-refractivity contribution in [2.45, 2.75) is 32.8 Å². The van der Waals surface area contributed by atoms with Gasteiger partial charge >= 0.3 is 6.09 Å². The van der Waals surface area contributed by atoms with Crippen molar-refractivity contribution in [3.63, 3.8) is 0 Å². The van der Waals surface area contributed by atoms with Crippen molar-refractivity contribution < 1.29 is 13.9 Å². The molecule has 1 aromatic rings. The van der Waals surface area contributed by atoms with Crippen LogP contribution in [0.1, 0.15) is 31.9 Å². The molecule has 0 atom stereocenters. The summed E-state index contributed by atoms with van der Waals surface area (Å²) in [4.78, 5) is 11.4. The lowest BCUT2D eigenvalue weighted by molar-refractivity contribution is 0.0534. The number of halogens is 1. The van der Waals surface area contributed by atoms with Crippen LogP contribution in [0.15, 0.2) is 24.3 Å². The lowest BCUT2D eigenvalue weighted by Gasteiger charge is -2.19. The zero-order chi connectivity index (χ0) is 15.9. The summed E-state index contributed by atoms with van der Waals surface area (Å²) in [5, 5.41) is 11.2. The highest BCUT2D eigenvalue weighted by atomic mass is 19.1. The summed E-state index contributed by atoms with van der Waals surface area (Å²) >= 11 is 0. The highest BCUT2D eigenvalue weighted by molar-refractivity contribution is 5.68. The zero-order valence-corrected chi connectivity index (χ0v) is 12.4. The highest BCUT2D eigenvalue weighted by Gasteiger charge is 2.14. The number of hydrogen-bond donors (Lipinski definition) is 1. The number of hydrogen-bond acceptors (Lipinski definition) is 3. The Bertz CT molecular complexity index is 569. The van der Waals surface area contributed by atoms with E-state index in [-0.39, 0.29) is 12.2 Å². The van der Waals surface area contributed by atoms with E-state index in [1.54, 1.807) is 45.1 Å². The summed E-state index contributed by atoms with van der Waals surface area (Å²) < 4.78 is 18.4. The van der Waals surface area contributed by atoms with Crippen molar-refractivity contribution in [2.75, 3.05) is 6.54 Å². The molecule has 112 valence electrons. The van der Waals surface area contributed by atoms with Crippen LogP contribution in [0, 0.1) is 17.1 Å². The first-order valence-electron chi connectivity index (χ1n) is 6.60. The molecule has 4 nitrogen and oxygen atoms in total. The molecule has 1 aromatic carbocycles. The van der Waals surface area contributed by atoms with Gasteiger partial charge in [0.25, 0.3) is 0 Å². The van der Waals surface area contributed by atoms with Crippen molar-refractivity contribution in [1.82, 2.24) is 5.32 Å². The van der Waals surface area contributed by atoms with Crippen molar-refractivity contribution in [3.05, 3.63) is 41.2 Å². The predicted molar refractivity (Wildman–Crippen MR) is 79.0 cm³/mol. The number of rotatable bonds is 4. The normalized spacial score (nSPS) is 11.2. The molecule has 0 unspecified atom stereocenters. The van der Waals surface area contributed by atoms with Gasteiger partial charge < -0.3 is 10.1 Å². The van der Waals surface area contributed by atoms with Crippen molar-refractivity contribution in [3.8, 4) is 6.07 Å². The average molecular weight is 290 g/mol. The van der Waals surface area contributed by atoms with Crippen LogP contribution in [-0.2, 0) is 11.2 Å². The SMILES string of the molecule is CC(C)(C)OC(=O)NCC=Cc1ccc(F)c(CC#N)c1. The largest absolute Gasteiger partial charge is 0.444 e. The van der Waals surface area contributed by atoms with Gasteiger partial charge in [0.1, 0.15) is 11.4 Å². The molecule has 1 rings (SSSR count). The number of nitriles is 1. The molecule has 0 aliphatic heterocycles. The molecule has 0 heterocycles. The number of carbonyl (C=O) groups excluding carboxylic acids is 1. The maximum Gasteiger partial charge on any atom is 0.407 e. The Labute approximate surface area is 124 Å².